The number of carbonyl (C=O) groups excluding carboxylic acids is 2. The Morgan fingerprint density at radius 2 is 2.04 bits per heavy atom. The molecular weight excluding hydrogens is 342 g/mol. The molecule has 0 spiro atoms. The summed E-state index contributed by atoms with van der Waals surface area (Å²) < 4.78 is 2.15. The van der Waals surface area contributed by atoms with Gasteiger partial charge in [-0.15, -0.1) is 0 Å². The smallest absolute Gasteiger partial charge is 0.270 e. The molecular formula is C20H29N5O2. The summed E-state index contributed by atoms with van der Waals surface area (Å²) in [5, 5.41) is 0. The van der Waals surface area contributed by atoms with Crippen LogP contribution < -0.4 is 0 Å². The Bertz CT molecular complexity index is 851. The van der Waals surface area contributed by atoms with E-state index in [0.29, 0.717) is 24.3 Å². The van der Waals surface area contributed by atoms with Crippen LogP contribution in [0.3, 0.4) is 0 Å². The molecule has 0 radical (unpaired) electrons. The van der Waals surface area contributed by atoms with E-state index in [-0.39, 0.29) is 17.7 Å². The number of aryl methyl sites for hydroxylation is 2. The van der Waals surface area contributed by atoms with E-state index in [9.17, 15) is 9.59 Å². The number of hydrogen-bond donors (Lipinski definition) is 1. The average Bonchev–Trinajstić information content (AvgIpc) is 3.19. The molecule has 1 aliphatic heterocycles. The molecule has 0 aromatic carbocycles. The quantitative estimate of drug-likeness (QED) is 0.819. The minimum Gasteiger partial charge on any atom is -0.354 e. The molecule has 1 fully saturated rings. The Balaban J connectivity index is 1.70. The standard InChI is InChI=1S/C20H29N5O2/c1-6-23-8-7-21-17(23)12-24-9-10-25(11-13(24)2)20(27)19-14(3)18(16(5)26)15(4)22-19/h7-8,13,22H,6,9-12H2,1-5H3. The Morgan fingerprint density at radius 1 is 1.30 bits per heavy atom. The van der Waals surface area contributed by atoms with E-state index in [1.807, 2.05) is 31.1 Å². The van der Waals surface area contributed by atoms with Gasteiger partial charge in [-0.3, -0.25) is 14.5 Å². The number of carbonyl (C=O) groups is 2. The molecule has 1 aliphatic rings. The third-order valence-electron chi connectivity index (χ3n) is 5.54. The summed E-state index contributed by atoms with van der Waals surface area (Å²) in [6, 6.07) is 0.244. The Kier molecular flexibility index (Phi) is 5.51. The molecule has 1 amide bonds. The summed E-state index contributed by atoms with van der Waals surface area (Å²) in [5.41, 5.74) is 2.70. The third kappa shape index (κ3) is 3.69. The Hall–Kier alpha value is -2.41. The zero-order valence-electron chi connectivity index (χ0n) is 16.9. The second-order valence-corrected chi connectivity index (χ2v) is 7.38. The molecule has 1 saturated heterocycles. The lowest BCUT2D eigenvalue weighted by atomic mass is 10.1. The van der Waals surface area contributed by atoms with Crippen LogP contribution in [0.4, 0.5) is 0 Å². The fraction of sp³-hybridized carbons (Fsp3) is 0.550. The zero-order chi connectivity index (χ0) is 19.7. The van der Waals surface area contributed by atoms with Gasteiger partial charge in [0.05, 0.1) is 6.54 Å². The van der Waals surface area contributed by atoms with Gasteiger partial charge >= 0.3 is 0 Å². The van der Waals surface area contributed by atoms with Gasteiger partial charge in [0, 0.05) is 55.9 Å². The summed E-state index contributed by atoms with van der Waals surface area (Å²) >= 11 is 0. The highest BCUT2D eigenvalue weighted by molar-refractivity contribution is 6.02. The molecule has 27 heavy (non-hydrogen) atoms. The Morgan fingerprint density at radius 3 is 2.63 bits per heavy atom. The summed E-state index contributed by atoms with van der Waals surface area (Å²) in [5.74, 6) is 1.03. The van der Waals surface area contributed by atoms with Crippen LogP contribution in [-0.2, 0) is 13.1 Å². The van der Waals surface area contributed by atoms with Crippen LogP contribution in [0.15, 0.2) is 12.4 Å². The maximum absolute atomic E-state index is 13.0. The number of imidazole rings is 1. The number of aromatic nitrogens is 3. The van der Waals surface area contributed by atoms with Crippen molar-refractivity contribution in [2.45, 2.75) is 53.8 Å². The summed E-state index contributed by atoms with van der Waals surface area (Å²) in [4.78, 5) is 36.7. The minimum absolute atomic E-state index is 0.00934. The van der Waals surface area contributed by atoms with Gasteiger partial charge in [0.25, 0.3) is 5.91 Å². The largest absolute Gasteiger partial charge is 0.354 e. The molecule has 1 N–H and O–H groups in total. The van der Waals surface area contributed by atoms with Gasteiger partial charge in [-0.05, 0) is 40.2 Å². The van der Waals surface area contributed by atoms with Crippen molar-refractivity contribution in [3.05, 3.63) is 40.7 Å². The van der Waals surface area contributed by atoms with Crippen LogP contribution in [0.5, 0.6) is 0 Å². The zero-order valence-corrected chi connectivity index (χ0v) is 16.9. The lowest BCUT2D eigenvalue weighted by Gasteiger charge is -2.39. The molecule has 3 heterocycles. The molecule has 0 aliphatic carbocycles. The first kappa shape index (κ1) is 19.4. The van der Waals surface area contributed by atoms with Crippen molar-refractivity contribution in [2.24, 2.45) is 0 Å². The van der Waals surface area contributed by atoms with Crippen molar-refractivity contribution < 1.29 is 9.59 Å². The first-order valence-corrected chi connectivity index (χ1v) is 9.56. The van der Waals surface area contributed by atoms with Gasteiger partial charge in [-0.25, -0.2) is 4.98 Å². The maximum atomic E-state index is 13.0. The first-order valence-electron chi connectivity index (χ1n) is 9.56. The normalized spacial score (nSPS) is 18.1. The topological polar surface area (TPSA) is 74.2 Å². The van der Waals surface area contributed by atoms with Gasteiger partial charge in [0.1, 0.15) is 11.5 Å². The van der Waals surface area contributed by atoms with Crippen molar-refractivity contribution in [1.29, 1.82) is 0 Å². The van der Waals surface area contributed by atoms with Crippen LogP contribution in [0.1, 0.15) is 58.7 Å². The fourth-order valence-electron chi connectivity index (χ4n) is 4.03. The SMILES string of the molecule is CCn1ccnc1CN1CCN(C(=O)c2[nH]c(C)c(C(C)=O)c2C)CC1C. The summed E-state index contributed by atoms with van der Waals surface area (Å²) in [6.07, 6.45) is 3.84. The van der Waals surface area contributed by atoms with E-state index in [1.165, 1.54) is 0 Å². The van der Waals surface area contributed by atoms with E-state index in [0.717, 1.165) is 36.7 Å². The molecule has 0 bridgehead atoms. The Labute approximate surface area is 160 Å². The number of nitrogens with one attached hydrogen (secondary N) is 1. The molecule has 7 heteroatoms. The molecule has 1 unspecified atom stereocenters. The number of rotatable bonds is 5. The van der Waals surface area contributed by atoms with Crippen LogP contribution in [0.25, 0.3) is 0 Å². The van der Waals surface area contributed by atoms with Crippen LogP contribution >= 0.6 is 0 Å². The lowest BCUT2D eigenvalue weighted by molar-refractivity contribution is 0.0480. The number of nitrogens with zero attached hydrogens (tertiary/aromatic N) is 4. The van der Waals surface area contributed by atoms with E-state index in [1.54, 1.807) is 6.92 Å². The first-order chi connectivity index (χ1) is 12.8. The summed E-state index contributed by atoms with van der Waals surface area (Å²) in [7, 11) is 0. The third-order valence-corrected chi connectivity index (χ3v) is 5.54. The molecule has 0 saturated carbocycles. The average molecular weight is 371 g/mol. The molecule has 146 valence electrons. The fourth-order valence-corrected chi connectivity index (χ4v) is 4.03. The van der Waals surface area contributed by atoms with Crippen molar-refractivity contribution in [3.63, 3.8) is 0 Å². The van der Waals surface area contributed by atoms with Gasteiger partial charge in [-0.2, -0.15) is 0 Å². The van der Waals surface area contributed by atoms with Gasteiger partial charge < -0.3 is 14.5 Å². The van der Waals surface area contributed by atoms with Crippen LogP contribution in [-0.4, -0.2) is 61.7 Å². The molecule has 2 aromatic rings. The predicted octanol–water partition coefficient (Wildman–Crippen LogP) is 2.40. The molecule has 1 atom stereocenters. The molecule has 7 nitrogen and oxygen atoms in total. The van der Waals surface area contributed by atoms with Gasteiger partial charge in [-0.1, -0.05) is 0 Å². The van der Waals surface area contributed by atoms with Crippen molar-refractivity contribution in [3.8, 4) is 0 Å². The number of hydrogen-bond acceptors (Lipinski definition) is 4. The van der Waals surface area contributed by atoms with Crippen LogP contribution in [0.2, 0.25) is 0 Å². The number of H-pyrrole nitrogens is 1. The summed E-state index contributed by atoms with van der Waals surface area (Å²) in [6.45, 7) is 13.3. The maximum Gasteiger partial charge on any atom is 0.270 e. The number of piperazine rings is 1. The number of ketones is 1. The van der Waals surface area contributed by atoms with Gasteiger partial charge in [0.15, 0.2) is 5.78 Å². The lowest BCUT2D eigenvalue weighted by Crippen LogP contribution is -2.53. The van der Waals surface area contributed by atoms with Crippen LogP contribution in [0, 0.1) is 13.8 Å². The van der Waals surface area contributed by atoms with Gasteiger partial charge in [0.2, 0.25) is 0 Å². The highest BCUT2D eigenvalue weighted by atomic mass is 16.2. The number of amides is 1. The highest BCUT2D eigenvalue weighted by Gasteiger charge is 2.30. The van der Waals surface area contributed by atoms with Crippen molar-refractivity contribution >= 4 is 11.7 Å². The number of aromatic amines is 1. The van der Waals surface area contributed by atoms with E-state index in [4.69, 9.17) is 0 Å². The highest BCUT2D eigenvalue weighted by Crippen LogP contribution is 2.22. The number of Topliss-reactive ketones (excluding diaryl/α,β-unsaturated/α-hetero) is 1. The van der Waals surface area contributed by atoms with E-state index < -0.39 is 0 Å². The van der Waals surface area contributed by atoms with E-state index >= 15 is 0 Å². The monoisotopic (exact) mass is 371 g/mol. The minimum atomic E-state index is -0.0235. The van der Waals surface area contributed by atoms with Crippen molar-refractivity contribution in [2.75, 3.05) is 19.6 Å². The molecule has 3 rings (SSSR count). The second-order valence-electron chi connectivity index (χ2n) is 7.38. The van der Waals surface area contributed by atoms with E-state index in [2.05, 4.69) is 33.3 Å². The predicted molar refractivity (Wildman–Crippen MR) is 104 cm³/mol. The van der Waals surface area contributed by atoms with Crippen molar-refractivity contribution in [1.82, 2.24) is 24.3 Å². The second kappa shape index (κ2) is 7.68. The molecule has 2 aromatic heterocycles.